The average Bonchev–Trinajstić information content (AvgIpc) is 2.28. The molecule has 0 aliphatic heterocycles. The smallest absolute Gasteiger partial charge is 0.255 e. The van der Waals surface area contributed by atoms with Crippen LogP contribution in [0.15, 0.2) is 24.3 Å². The molecular formula is C12H11ClN2O2. The molecule has 1 amide bonds. The van der Waals surface area contributed by atoms with Gasteiger partial charge >= 0.3 is 0 Å². The van der Waals surface area contributed by atoms with Crippen LogP contribution in [0, 0.1) is 6.92 Å². The summed E-state index contributed by atoms with van der Waals surface area (Å²) in [4.78, 5) is 14.9. The van der Waals surface area contributed by atoms with E-state index < -0.39 is 5.91 Å². The monoisotopic (exact) mass is 250 g/mol. The van der Waals surface area contributed by atoms with Crippen LogP contribution in [0.5, 0.6) is 5.88 Å². The van der Waals surface area contributed by atoms with E-state index in [9.17, 15) is 4.79 Å². The number of para-hydroxylation sites is 1. The molecule has 0 fully saturated rings. The summed E-state index contributed by atoms with van der Waals surface area (Å²) in [6.07, 6.45) is 0. The van der Waals surface area contributed by atoms with Gasteiger partial charge < -0.3 is 10.5 Å². The van der Waals surface area contributed by atoms with Crippen LogP contribution < -0.4 is 10.5 Å². The average molecular weight is 251 g/mol. The van der Waals surface area contributed by atoms with Crippen LogP contribution in [0.1, 0.15) is 5.56 Å². The third-order valence-corrected chi connectivity index (χ3v) is 2.64. The number of hydrogen-bond donors (Lipinski definition) is 1. The van der Waals surface area contributed by atoms with Crippen molar-refractivity contribution in [2.75, 3.05) is 6.61 Å². The second-order valence-corrected chi connectivity index (χ2v) is 4.08. The maximum absolute atomic E-state index is 10.6. The molecule has 1 heterocycles. The summed E-state index contributed by atoms with van der Waals surface area (Å²) in [6, 6.07) is 7.31. The Kier molecular flexibility index (Phi) is 3.15. The molecule has 0 spiro atoms. The molecule has 5 heteroatoms. The fourth-order valence-corrected chi connectivity index (χ4v) is 1.79. The van der Waals surface area contributed by atoms with Gasteiger partial charge in [-0.1, -0.05) is 29.8 Å². The van der Waals surface area contributed by atoms with Gasteiger partial charge in [-0.15, -0.1) is 0 Å². The maximum Gasteiger partial charge on any atom is 0.255 e. The Labute approximate surface area is 103 Å². The van der Waals surface area contributed by atoms with Crippen LogP contribution >= 0.6 is 11.6 Å². The van der Waals surface area contributed by atoms with Crippen LogP contribution in [0.4, 0.5) is 0 Å². The number of primary amides is 1. The quantitative estimate of drug-likeness (QED) is 0.907. The number of aromatic nitrogens is 1. The summed E-state index contributed by atoms with van der Waals surface area (Å²) in [5.41, 5.74) is 6.75. The Bertz CT molecular complexity index is 584. The molecule has 17 heavy (non-hydrogen) atoms. The molecule has 4 nitrogen and oxygen atoms in total. The van der Waals surface area contributed by atoms with Crippen molar-refractivity contribution >= 4 is 28.4 Å². The highest BCUT2D eigenvalue weighted by atomic mass is 35.5. The number of pyridine rings is 1. The van der Waals surface area contributed by atoms with Crippen molar-refractivity contribution in [2.45, 2.75) is 6.92 Å². The number of hydrogen-bond acceptors (Lipinski definition) is 3. The van der Waals surface area contributed by atoms with Crippen molar-refractivity contribution in [3.8, 4) is 5.88 Å². The molecule has 0 atom stereocenters. The zero-order valence-electron chi connectivity index (χ0n) is 9.24. The standard InChI is InChI=1S/C12H11ClN2O2/c1-7-3-2-4-8-9(13)5-11(15-12(7)8)17-6-10(14)16/h2-5H,6H2,1H3,(H2,14,16). The van der Waals surface area contributed by atoms with E-state index in [0.29, 0.717) is 10.9 Å². The van der Waals surface area contributed by atoms with E-state index in [1.807, 2.05) is 25.1 Å². The van der Waals surface area contributed by atoms with Crippen molar-refractivity contribution in [2.24, 2.45) is 5.73 Å². The summed E-state index contributed by atoms with van der Waals surface area (Å²) in [5.74, 6) is -0.247. The second-order valence-electron chi connectivity index (χ2n) is 3.67. The van der Waals surface area contributed by atoms with E-state index in [4.69, 9.17) is 22.1 Å². The highest BCUT2D eigenvalue weighted by Crippen LogP contribution is 2.27. The zero-order valence-corrected chi connectivity index (χ0v) is 9.99. The molecule has 1 aromatic heterocycles. The normalized spacial score (nSPS) is 10.5. The van der Waals surface area contributed by atoms with Crippen LogP contribution in [0.3, 0.4) is 0 Å². The molecular weight excluding hydrogens is 240 g/mol. The molecule has 2 rings (SSSR count). The van der Waals surface area contributed by atoms with Crippen LogP contribution in [0.2, 0.25) is 5.02 Å². The Hall–Kier alpha value is -1.81. The van der Waals surface area contributed by atoms with Gasteiger partial charge in [0.2, 0.25) is 5.88 Å². The van der Waals surface area contributed by atoms with Crippen LogP contribution in [-0.4, -0.2) is 17.5 Å². The van der Waals surface area contributed by atoms with Crippen molar-refractivity contribution < 1.29 is 9.53 Å². The van der Waals surface area contributed by atoms with E-state index >= 15 is 0 Å². The van der Waals surface area contributed by atoms with E-state index in [0.717, 1.165) is 16.5 Å². The number of nitrogens with two attached hydrogens (primary N) is 1. The second kappa shape index (κ2) is 4.59. The molecule has 0 bridgehead atoms. The van der Waals surface area contributed by atoms with Crippen LogP contribution in [0.25, 0.3) is 10.9 Å². The number of carbonyl (C=O) groups is 1. The predicted octanol–water partition coefficient (Wildman–Crippen LogP) is 2.06. The Morgan fingerprint density at radius 3 is 3.00 bits per heavy atom. The zero-order chi connectivity index (χ0) is 12.4. The minimum absolute atomic E-state index is 0.208. The molecule has 1 aromatic carbocycles. The number of rotatable bonds is 3. The maximum atomic E-state index is 10.6. The molecule has 88 valence electrons. The fourth-order valence-electron chi connectivity index (χ4n) is 1.55. The number of fused-ring (bicyclic) bond motifs is 1. The van der Waals surface area contributed by atoms with Crippen molar-refractivity contribution in [1.29, 1.82) is 0 Å². The van der Waals surface area contributed by atoms with Gasteiger partial charge in [0.15, 0.2) is 6.61 Å². The number of nitrogens with zero attached hydrogens (tertiary/aromatic N) is 1. The molecule has 0 aliphatic rings. The van der Waals surface area contributed by atoms with Crippen molar-refractivity contribution in [1.82, 2.24) is 4.98 Å². The van der Waals surface area contributed by atoms with E-state index in [2.05, 4.69) is 4.98 Å². The number of amides is 1. The topological polar surface area (TPSA) is 65.2 Å². The van der Waals surface area contributed by atoms with E-state index in [-0.39, 0.29) is 6.61 Å². The van der Waals surface area contributed by atoms with E-state index in [1.165, 1.54) is 0 Å². The predicted molar refractivity (Wildman–Crippen MR) is 66.2 cm³/mol. The third-order valence-electron chi connectivity index (χ3n) is 2.33. The Morgan fingerprint density at radius 1 is 1.53 bits per heavy atom. The molecule has 0 aliphatic carbocycles. The summed E-state index contributed by atoms with van der Waals surface area (Å²) >= 11 is 6.11. The summed E-state index contributed by atoms with van der Waals surface area (Å²) in [5, 5.41) is 1.40. The van der Waals surface area contributed by atoms with Gasteiger partial charge in [-0.05, 0) is 12.5 Å². The molecule has 2 N–H and O–H groups in total. The van der Waals surface area contributed by atoms with E-state index in [1.54, 1.807) is 6.07 Å². The largest absolute Gasteiger partial charge is 0.468 e. The van der Waals surface area contributed by atoms with Gasteiger partial charge in [0.1, 0.15) is 0 Å². The van der Waals surface area contributed by atoms with Gasteiger partial charge in [-0.25, -0.2) is 4.98 Å². The minimum atomic E-state index is -0.548. The number of benzene rings is 1. The first-order valence-corrected chi connectivity index (χ1v) is 5.42. The first-order valence-electron chi connectivity index (χ1n) is 5.05. The summed E-state index contributed by atoms with van der Waals surface area (Å²) in [6.45, 7) is 1.73. The van der Waals surface area contributed by atoms with Gasteiger partial charge in [-0.2, -0.15) is 0 Å². The lowest BCUT2D eigenvalue weighted by Gasteiger charge is -2.07. The molecule has 0 radical (unpaired) electrons. The number of carbonyl (C=O) groups excluding carboxylic acids is 1. The lowest BCUT2D eigenvalue weighted by molar-refractivity contribution is -0.120. The first kappa shape index (κ1) is 11.7. The first-order chi connectivity index (χ1) is 8.08. The Morgan fingerprint density at radius 2 is 2.29 bits per heavy atom. The third kappa shape index (κ3) is 2.47. The van der Waals surface area contributed by atoms with Crippen molar-refractivity contribution in [3.63, 3.8) is 0 Å². The molecule has 0 saturated heterocycles. The summed E-state index contributed by atoms with van der Waals surface area (Å²) in [7, 11) is 0. The number of ether oxygens (including phenoxy) is 1. The van der Waals surface area contributed by atoms with Crippen LogP contribution in [-0.2, 0) is 4.79 Å². The lowest BCUT2D eigenvalue weighted by atomic mass is 10.1. The summed E-state index contributed by atoms with van der Waals surface area (Å²) < 4.78 is 5.14. The van der Waals surface area contributed by atoms with Gasteiger partial charge in [-0.3, -0.25) is 4.79 Å². The van der Waals surface area contributed by atoms with Gasteiger partial charge in [0, 0.05) is 11.5 Å². The molecule has 0 unspecified atom stereocenters. The number of halogens is 1. The minimum Gasteiger partial charge on any atom is -0.468 e. The van der Waals surface area contributed by atoms with Gasteiger partial charge in [0.05, 0.1) is 10.5 Å². The fraction of sp³-hybridized carbons (Fsp3) is 0.167. The lowest BCUT2D eigenvalue weighted by Crippen LogP contribution is -2.20. The molecule has 2 aromatic rings. The number of aryl methyl sites for hydroxylation is 1. The molecule has 0 saturated carbocycles. The van der Waals surface area contributed by atoms with Gasteiger partial charge in [0.25, 0.3) is 5.91 Å². The Balaban J connectivity index is 2.46. The van der Waals surface area contributed by atoms with Crippen molar-refractivity contribution in [3.05, 3.63) is 34.9 Å². The highest BCUT2D eigenvalue weighted by molar-refractivity contribution is 6.35. The SMILES string of the molecule is Cc1cccc2c(Cl)cc(OCC(N)=O)nc12. The highest BCUT2D eigenvalue weighted by Gasteiger charge is 2.07.